The second-order valence-electron chi connectivity index (χ2n) is 10.2. The van der Waals surface area contributed by atoms with E-state index >= 15 is 0 Å². The number of aryl methyl sites for hydroxylation is 2. The number of sulfonamides is 1. The minimum absolute atomic E-state index is 0.0670. The molecule has 0 fully saturated rings. The molecule has 0 heterocycles. The summed E-state index contributed by atoms with van der Waals surface area (Å²) in [5, 5.41) is 2.95. The summed E-state index contributed by atoms with van der Waals surface area (Å²) in [6.45, 7) is 11.4. The van der Waals surface area contributed by atoms with Gasteiger partial charge in [-0.3, -0.25) is 13.9 Å². The molecule has 0 aliphatic heterocycles. The van der Waals surface area contributed by atoms with Gasteiger partial charge >= 0.3 is 0 Å². The van der Waals surface area contributed by atoms with Gasteiger partial charge in [-0.1, -0.05) is 48.9 Å². The first-order chi connectivity index (χ1) is 19.5. The Morgan fingerprint density at radius 1 is 0.902 bits per heavy atom. The maximum absolute atomic E-state index is 14.1. The molecule has 0 saturated carbocycles. The van der Waals surface area contributed by atoms with E-state index in [1.165, 1.54) is 17.0 Å². The van der Waals surface area contributed by atoms with Gasteiger partial charge in [0.2, 0.25) is 11.8 Å². The van der Waals surface area contributed by atoms with Crippen molar-refractivity contribution in [3.63, 3.8) is 0 Å². The Morgan fingerprint density at radius 3 is 2.12 bits per heavy atom. The summed E-state index contributed by atoms with van der Waals surface area (Å²) in [6, 6.07) is 19.8. The molecule has 1 N–H and O–H groups in total. The third kappa shape index (κ3) is 8.10. The number of rotatable bonds is 13. The molecular formula is C32H41N3O5S. The zero-order valence-electron chi connectivity index (χ0n) is 24.8. The van der Waals surface area contributed by atoms with Gasteiger partial charge in [0.25, 0.3) is 10.0 Å². The number of nitrogens with zero attached hydrogens (tertiary/aromatic N) is 2. The lowest BCUT2D eigenvalue weighted by atomic mass is 10.1. The van der Waals surface area contributed by atoms with Crippen LogP contribution in [0.4, 0.5) is 5.69 Å². The highest BCUT2D eigenvalue weighted by atomic mass is 32.2. The van der Waals surface area contributed by atoms with Crippen LogP contribution in [0.15, 0.2) is 77.7 Å². The van der Waals surface area contributed by atoms with Crippen LogP contribution in [0.2, 0.25) is 0 Å². The fraction of sp³-hybridized carbons (Fsp3) is 0.375. The number of benzene rings is 3. The summed E-state index contributed by atoms with van der Waals surface area (Å²) in [5.74, 6) is -0.202. The molecule has 220 valence electrons. The van der Waals surface area contributed by atoms with Crippen molar-refractivity contribution in [1.29, 1.82) is 0 Å². The number of carbonyl (C=O) groups excluding carboxylic acids is 2. The van der Waals surface area contributed by atoms with Crippen molar-refractivity contribution in [1.82, 2.24) is 10.2 Å². The monoisotopic (exact) mass is 579 g/mol. The Bertz CT molecular complexity index is 1420. The number of anilines is 1. The van der Waals surface area contributed by atoms with Crippen LogP contribution in [0.5, 0.6) is 5.75 Å². The normalized spacial score (nSPS) is 12.7. The van der Waals surface area contributed by atoms with Crippen LogP contribution >= 0.6 is 0 Å². The first-order valence-electron chi connectivity index (χ1n) is 13.9. The van der Waals surface area contributed by atoms with E-state index in [0.717, 1.165) is 27.4 Å². The Morgan fingerprint density at radius 2 is 1.54 bits per heavy atom. The summed E-state index contributed by atoms with van der Waals surface area (Å²) in [5.41, 5.74) is 3.07. The molecule has 3 rings (SSSR count). The molecule has 2 atom stereocenters. The van der Waals surface area contributed by atoms with Crippen molar-refractivity contribution in [3.05, 3.63) is 89.5 Å². The van der Waals surface area contributed by atoms with E-state index < -0.39 is 28.5 Å². The van der Waals surface area contributed by atoms with Gasteiger partial charge in [-0.05, 0) is 88.6 Å². The topological polar surface area (TPSA) is 96.0 Å². The van der Waals surface area contributed by atoms with Gasteiger partial charge in [0.1, 0.15) is 18.3 Å². The smallest absolute Gasteiger partial charge is 0.264 e. The van der Waals surface area contributed by atoms with Gasteiger partial charge in [-0.15, -0.1) is 0 Å². The van der Waals surface area contributed by atoms with Gasteiger partial charge in [-0.25, -0.2) is 8.42 Å². The van der Waals surface area contributed by atoms with Crippen LogP contribution in [0, 0.1) is 13.8 Å². The maximum Gasteiger partial charge on any atom is 0.264 e. The largest absolute Gasteiger partial charge is 0.494 e. The van der Waals surface area contributed by atoms with Gasteiger partial charge < -0.3 is 15.0 Å². The lowest BCUT2D eigenvalue weighted by molar-refractivity contribution is -0.139. The Hall–Kier alpha value is -3.85. The molecule has 0 unspecified atom stereocenters. The van der Waals surface area contributed by atoms with Crippen molar-refractivity contribution in [2.45, 2.75) is 71.5 Å². The molecule has 0 saturated heterocycles. The van der Waals surface area contributed by atoms with Crippen molar-refractivity contribution in [2.75, 3.05) is 17.5 Å². The molecule has 0 bridgehead atoms. The molecular weight excluding hydrogens is 538 g/mol. The van der Waals surface area contributed by atoms with Gasteiger partial charge in [0, 0.05) is 12.6 Å². The predicted octanol–water partition coefficient (Wildman–Crippen LogP) is 5.23. The fourth-order valence-corrected chi connectivity index (χ4v) is 5.67. The molecule has 0 radical (unpaired) electrons. The second-order valence-corrected chi connectivity index (χ2v) is 12.1. The molecule has 0 aliphatic carbocycles. The molecule has 0 aromatic heterocycles. The summed E-state index contributed by atoms with van der Waals surface area (Å²) in [6.07, 6.45) is 0.741. The molecule has 2 amide bonds. The van der Waals surface area contributed by atoms with Crippen LogP contribution in [-0.4, -0.2) is 50.4 Å². The van der Waals surface area contributed by atoms with Gasteiger partial charge in [0.05, 0.1) is 17.2 Å². The molecule has 9 heteroatoms. The van der Waals surface area contributed by atoms with Crippen LogP contribution in [0.1, 0.15) is 50.8 Å². The summed E-state index contributed by atoms with van der Waals surface area (Å²) in [4.78, 5) is 28.8. The van der Waals surface area contributed by atoms with Crippen LogP contribution < -0.4 is 14.4 Å². The van der Waals surface area contributed by atoms with E-state index in [-0.39, 0.29) is 23.4 Å². The number of hydrogen-bond donors (Lipinski definition) is 1. The number of hydrogen-bond acceptors (Lipinski definition) is 5. The lowest BCUT2D eigenvalue weighted by Gasteiger charge is -2.32. The number of carbonyl (C=O) groups is 2. The minimum Gasteiger partial charge on any atom is -0.494 e. The van der Waals surface area contributed by atoms with Gasteiger partial charge in [-0.2, -0.15) is 0 Å². The van der Waals surface area contributed by atoms with E-state index in [2.05, 4.69) is 5.32 Å². The predicted molar refractivity (Wildman–Crippen MR) is 162 cm³/mol. The fourth-order valence-electron chi connectivity index (χ4n) is 4.26. The lowest BCUT2D eigenvalue weighted by Crippen LogP contribution is -2.52. The molecule has 41 heavy (non-hydrogen) atoms. The minimum atomic E-state index is -4.13. The highest BCUT2D eigenvalue weighted by Crippen LogP contribution is 2.27. The average molecular weight is 580 g/mol. The maximum atomic E-state index is 14.1. The standard InChI is InChI=1S/C32H41N3O5S/c1-7-25(5)33-32(37)26(6)34(21-27-12-10-9-11-24(27)4)31(36)22-35(28-15-17-29(18-16-28)40-8-2)41(38,39)30-19-13-23(3)14-20-30/h9-20,25-26H,7-8,21-22H2,1-6H3,(H,33,37)/t25-,26-/m1/s1. The third-order valence-electron chi connectivity index (χ3n) is 7.09. The SMILES string of the molecule is CCOc1ccc(N(CC(=O)N(Cc2ccccc2C)[C@H](C)C(=O)N[C@H](C)CC)S(=O)(=O)c2ccc(C)cc2)cc1. The quantitative estimate of drug-likeness (QED) is 0.299. The van der Waals surface area contributed by atoms with E-state index in [1.54, 1.807) is 43.3 Å². The zero-order valence-corrected chi connectivity index (χ0v) is 25.6. The molecule has 8 nitrogen and oxygen atoms in total. The van der Waals surface area contributed by atoms with Crippen LogP contribution in [-0.2, 0) is 26.2 Å². The number of ether oxygens (including phenoxy) is 1. The Balaban J connectivity index is 2.04. The van der Waals surface area contributed by atoms with E-state index in [9.17, 15) is 18.0 Å². The van der Waals surface area contributed by atoms with Crippen molar-refractivity contribution >= 4 is 27.5 Å². The van der Waals surface area contributed by atoms with E-state index in [0.29, 0.717) is 18.0 Å². The Kier molecular flexibility index (Phi) is 10.9. The van der Waals surface area contributed by atoms with E-state index in [1.807, 2.05) is 58.9 Å². The molecule has 3 aromatic carbocycles. The van der Waals surface area contributed by atoms with Crippen LogP contribution in [0.25, 0.3) is 0 Å². The average Bonchev–Trinajstić information content (AvgIpc) is 2.95. The van der Waals surface area contributed by atoms with Gasteiger partial charge in [0.15, 0.2) is 0 Å². The summed E-state index contributed by atoms with van der Waals surface area (Å²) < 4.78 is 34.5. The third-order valence-corrected chi connectivity index (χ3v) is 8.88. The van der Waals surface area contributed by atoms with Crippen molar-refractivity contribution < 1.29 is 22.7 Å². The van der Waals surface area contributed by atoms with Crippen LogP contribution in [0.3, 0.4) is 0 Å². The first-order valence-corrected chi connectivity index (χ1v) is 15.4. The van der Waals surface area contributed by atoms with Crippen molar-refractivity contribution in [3.8, 4) is 5.75 Å². The first kappa shape index (κ1) is 31.7. The van der Waals surface area contributed by atoms with E-state index in [4.69, 9.17) is 4.74 Å². The van der Waals surface area contributed by atoms with Crippen molar-refractivity contribution in [2.24, 2.45) is 0 Å². The highest BCUT2D eigenvalue weighted by Gasteiger charge is 2.33. The number of nitrogens with one attached hydrogen (secondary N) is 1. The summed E-state index contributed by atoms with van der Waals surface area (Å²) >= 11 is 0. The summed E-state index contributed by atoms with van der Waals surface area (Å²) in [7, 11) is -4.13. The molecule has 0 aliphatic rings. The number of amides is 2. The Labute approximate surface area is 244 Å². The molecule has 3 aromatic rings. The second kappa shape index (κ2) is 14.2. The zero-order chi connectivity index (χ0) is 30.2. The molecule has 0 spiro atoms. The highest BCUT2D eigenvalue weighted by molar-refractivity contribution is 7.92.